The van der Waals surface area contributed by atoms with Crippen LogP contribution in [-0.2, 0) is 19.4 Å². The molecule has 1 atom stereocenters. The average molecular weight is 295 g/mol. The SMILES string of the molecule is CS(=O)(=O)CCC(=O)N1CCSCC1CC(=O)O. The molecular weight excluding hydrogens is 278 g/mol. The van der Waals surface area contributed by atoms with E-state index >= 15 is 0 Å². The number of carboxylic acids is 1. The fourth-order valence-corrected chi connectivity index (χ4v) is 3.38. The molecular formula is C10H17NO5S2. The molecule has 6 nitrogen and oxygen atoms in total. The van der Waals surface area contributed by atoms with Gasteiger partial charge in [0.15, 0.2) is 0 Å². The van der Waals surface area contributed by atoms with Gasteiger partial charge in [-0.15, -0.1) is 0 Å². The van der Waals surface area contributed by atoms with E-state index in [1.165, 1.54) is 4.90 Å². The number of rotatable bonds is 5. The molecule has 1 fully saturated rings. The van der Waals surface area contributed by atoms with E-state index in [0.717, 1.165) is 12.0 Å². The lowest BCUT2D eigenvalue weighted by atomic mass is 10.2. The summed E-state index contributed by atoms with van der Waals surface area (Å²) in [4.78, 5) is 24.1. The molecule has 1 aliphatic heterocycles. The molecule has 1 N–H and O–H groups in total. The van der Waals surface area contributed by atoms with Gasteiger partial charge in [-0.05, 0) is 0 Å². The molecule has 0 aromatic carbocycles. The van der Waals surface area contributed by atoms with Gasteiger partial charge in [0.05, 0.1) is 18.2 Å². The lowest BCUT2D eigenvalue weighted by Gasteiger charge is -2.34. The summed E-state index contributed by atoms with van der Waals surface area (Å²) in [6, 6.07) is -0.326. The molecule has 0 aromatic rings. The first-order valence-electron chi connectivity index (χ1n) is 5.56. The highest BCUT2D eigenvalue weighted by Crippen LogP contribution is 2.20. The Morgan fingerprint density at radius 3 is 2.67 bits per heavy atom. The smallest absolute Gasteiger partial charge is 0.305 e. The number of aliphatic carboxylic acids is 1. The third-order valence-electron chi connectivity index (χ3n) is 2.64. The van der Waals surface area contributed by atoms with Crippen LogP contribution in [0.1, 0.15) is 12.8 Å². The molecule has 1 amide bonds. The van der Waals surface area contributed by atoms with Crippen LogP contribution >= 0.6 is 11.8 Å². The molecule has 0 aromatic heterocycles. The monoisotopic (exact) mass is 295 g/mol. The van der Waals surface area contributed by atoms with Crippen molar-refractivity contribution in [3.63, 3.8) is 0 Å². The Balaban J connectivity index is 2.59. The van der Waals surface area contributed by atoms with E-state index in [1.807, 2.05) is 0 Å². The Labute approximate surface area is 111 Å². The molecule has 0 spiro atoms. The second-order valence-electron chi connectivity index (χ2n) is 4.29. The van der Waals surface area contributed by atoms with Crippen LogP contribution < -0.4 is 0 Å². The molecule has 0 bridgehead atoms. The molecule has 1 unspecified atom stereocenters. The Bertz CT molecular complexity index is 420. The van der Waals surface area contributed by atoms with E-state index < -0.39 is 15.8 Å². The summed E-state index contributed by atoms with van der Waals surface area (Å²) in [5.41, 5.74) is 0. The lowest BCUT2D eigenvalue weighted by molar-refractivity contribution is -0.140. The molecule has 0 radical (unpaired) electrons. The van der Waals surface area contributed by atoms with Gasteiger partial charge in [-0.2, -0.15) is 11.8 Å². The maximum absolute atomic E-state index is 11.9. The number of sulfone groups is 1. The van der Waals surface area contributed by atoms with Crippen LogP contribution in [0.25, 0.3) is 0 Å². The Hall–Kier alpha value is -0.760. The Morgan fingerprint density at radius 2 is 2.11 bits per heavy atom. The summed E-state index contributed by atoms with van der Waals surface area (Å²) in [6.07, 6.45) is 0.929. The fraction of sp³-hybridized carbons (Fsp3) is 0.800. The van der Waals surface area contributed by atoms with Crippen LogP contribution in [0.2, 0.25) is 0 Å². The molecule has 18 heavy (non-hydrogen) atoms. The van der Waals surface area contributed by atoms with Gasteiger partial charge >= 0.3 is 5.97 Å². The van der Waals surface area contributed by atoms with Gasteiger partial charge < -0.3 is 10.0 Å². The number of hydrogen-bond donors (Lipinski definition) is 1. The zero-order valence-electron chi connectivity index (χ0n) is 10.2. The molecule has 1 saturated heterocycles. The minimum absolute atomic E-state index is 0.0698. The van der Waals surface area contributed by atoms with Gasteiger partial charge in [0, 0.05) is 30.7 Å². The minimum Gasteiger partial charge on any atom is -0.481 e. The first kappa shape index (κ1) is 15.3. The fourth-order valence-electron chi connectivity index (χ4n) is 1.77. The van der Waals surface area contributed by atoms with Gasteiger partial charge in [0.2, 0.25) is 5.91 Å². The molecule has 104 valence electrons. The topological polar surface area (TPSA) is 91.8 Å². The number of thioether (sulfide) groups is 1. The molecule has 1 rings (SSSR count). The Morgan fingerprint density at radius 1 is 1.44 bits per heavy atom. The number of nitrogens with zero attached hydrogens (tertiary/aromatic N) is 1. The zero-order valence-corrected chi connectivity index (χ0v) is 11.8. The average Bonchev–Trinajstić information content (AvgIpc) is 2.25. The van der Waals surface area contributed by atoms with Crippen molar-refractivity contribution in [1.29, 1.82) is 0 Å². The van der Waals surface area contributed by atoms with Crippen LogP contribution in [0, 0.1) is 0 Å². The summed E-state index contributed by atoms with van der Waals surface area (Å²) < 4.78 is 22.0. The van der Waals surface area contributed by atoms with Crippen molar-refractivity contribution in [1.82, 2.24) is 4.90 Å². The van der Waals surface area contributed by atoms with Crippen molar-refractivity contribution in [3.05, 3.63) is 0 Å². The van der Waals surface area contributed by atoms with Gasteiger partial charge in [0.1, 0.15) is 9.84 Å². The van der Waals surface area contributed by atoms with E-state index in [-0.39, 0.29) is 30.5 Å². The van der Waals surface area contributed by atoms with Crippen LogP contribution in [0.5, 0.6) is 0 Å². The second kappa shape index (κ2) is 6.42. The van der Waals surface area contributed by atoms with Crippen LogP contribution in [0.4, 0.5) is 0 Å². The highest BCUT2D eigenvalue weighted by molar-refractivity contribution is 7.99. The maximum Gasteiger partial charge on any atom is 0.305 e. The third-order valence-corrected chi connectivity index (χ3v) is 4.68. The third kappa shape index (κ3) is 5.26. The summed E-state index contributed by atoms with van der Waals surface area (Å²) in [5.74, 6) is -0.0391. The van der Waals surface area contributed by atoms with Crippen molar-refractivity contribution >= 4 is 33.5 Å². The largest absolute Gasteiger partial charge is 0.481 e. The molecule has 1 heterocycles. The van der Waals surface area contributed by atoms with E-state index in [9.17, 15) is 18.0 Å². The first-order chi connectivity index (χ1) is 8.29. The van der Waals surface area contributed by atoms with Crippen LogP contribution in [0.3, 0.4) is 0 Å². The molecule has 0 aliphatic carbocycles. The number of carbonyl (C=O) groups is 2. The standard InChI is InChI=1S/C10H17NO5S2/c1-18(15,16)5-2-9(12)11-3-4-17-7-8(11)6-10(13)14/h8H,2-7H2,1H3,(H,13,14). The van der Waals surface area contributed by atoms with Crippen molar-refractivity contribution < 1.29 is 23.1 Å². The summed E-state index contributed by atoms with van der Waals surface area (Å²) >= 11 is 1.61. The first-order valence-corrected chi connectivity index (χ1v) is 8.78. The number of carbonyl (C=O) groups excluding carboxylic acids is 1. The molecule has 0 saturated carbocycles. The van der Waals surface area contributed by atoms with Gasteiger partial charge in [-0.25, -0.2) is 8.42 Å². The van der Waals surface area contributed by atoms with Gasteiger partial charge in [-0.1, -0.05) is 0 Å². The van der Waals surface area contributed by atoms with E-state index in [4.69, 9.17) is 5.11 Å². The second-order valence-corrected chi connectivity index (χ2v) is 7.70. The van der Waals surface area contributed by atoms with Gasteiger partial charge in [0.25, 0.3) is 0 Å². The minimum atomic E-state index is -3.17. The lowest BCUT2D eigenvalue weighted by Crippen LogP contribution is -2.47. The van der Waals surface area contributed by atoms with E-state index in [2.05, 4.69) is 0 Å². The summed E-state index contributed by atoms with van der Waals surface area (Å²) in [6.45, 7) is 0.491. The predicted octanol–water partition coefficient (Wildman–Crippen LogP) is -0.160. The number of hydrogen-bond acceptors (Lipinski definition) is 5. The van der Waals surface area contributed by atoms with E-state index in [1.54, 1.807) is 11.8 Å². The van der Waals surface area contributed by atoms with E-state index in [0.29, 0.717) is 12.3 Å². The predicted molar refractivity (Wildman–Crippen MR) is 69.4 cm³/mol. The summed E-state index contributed by atoms with van der Waals surface area (Å²) in [7, 11) is -3.17. The maximum atomic E-state index is 11.9. The van der Waals surface area contributed by atoms with Gasteiger partial charge in [-0.3, -0.25) is 9.59 Å². The van der Waals surface area contributed by atoms with Crippen molar-refractivity contribution in [2.75, 3.05) is 30.1 Å². The molecule has 8 heteroatoms. The molecule has 1 aliphatic rings. The van der Waals surface area contributed by atoms with Crippen LogP contribution in [-0.4, -0.2) is 66.4 Å². The normalized spacial score (nSPS) is 20.7. The zero-order chi connectivity index (χ0) is 13.8. The Kier molecular flexibility index (Phi) is 5.46. The van der Waals surface area contributed by atoms with Crippen molar-refractivity contribution in [2.45, 2.75) is 18.9 Å². The van der Waals surface area contributed by atoms with Crippen LogP contribution in [0.15, 0.2) is 0 Å². The van der Waals surface area contributed by atoms with Crippen molar-refractivity contribution in [3.8, 4) is 0 Å². The quantitative estimate of drug-likeness (QED) is 0.758. The van der Waals surface area contributed by atoms with Crippen molar-refractivity contribution in [2.24, 2.45) is 0 Å². The number of amides is 1. The highest BCUT2D eigenvalue weighted by atomic mass is 32.2. The summed E-state index contributed by atoms with van der Waals surface area (Å²) in [5, 5.41) is 8.78. The highest BCUT2D eigenvalue weighted by Gasteiger charge is 2.28. The number of carboxylic acid groups (broad SMARTS) is 1.